The zero-order valence-corrected chi connectivity index (χ0v) is 15.8. The Morgan fingerprint density at radius 2 is 2.07 bits per heavy atom. The van der Waals surface area contributed by atoms with Gasteiger partial charge < -0.3 is 14.4 Å². The smallest absolute Gasteiger partial charge is 0.244 e. The lowest BCUT2D eigenvalue weighted by Crippen LogP contribution is -2.14. The number of aromatic nitrogens is 4. The lowest BCUT2D eigenvalue weighted by molar-refractivity contribution is 0.324. The van der Waals surface area contributed by atoms with Crippen molar-refractivity contribution < 1.29 is 8.91 Å². The molecule has 0 aliphatic carbocycles. The highest BCUT2D eigenvalue weighted by Gasteiger charge is 2.29. The Morgan fingerprint density at radius 1 is 1.18 bits per heavy atom. The number of benzene rings is 2. The van der Waals surface area contributed by atoms with Crippen molar-refractivity contribution in [1.82, 2.24) is 25.0 Å². The largest absolute Gasteiger partial charge is 0.337 e. The van der Waals surface area contributed by atoms with Crippen LogP contribution < -0.4 is 5.32 Å². The van der Waals surface area contributed by atoms with E-state index in [1.807, 2.05) is 42.7 Å². The molecule has 0 spiro atoms. The van der Waals surface area contributed by atoms with Crippen LogP contribution in [0, 0.1) is 0 Å². The maximum Gasteiger partial charge on any atom is 0.244 e. The Hall–Kier alpha value is -2.77. The minimum Gasteiger partial charge on any atom is -0.337 e. The Morgan fingerprint density at radius 3 is 2.93 bits per heavy atom. The predicted molar refractivity (Wildman–Crippen MR) is 106 cm³/mol. The van der Waals surface area contributed by atoms with Crippen LogP contribution in [-0.4, -0.2) is 32.4 Å². The second-order valence-corrected chi connectivity index (χ2v) is 6.81. The summed E-state index contributed by atoms with van der Waals surface area (Å²) in [5.41, 5.74) is 4.07. The first-order chi connectivity index (χ1) is 13.3. The molecular formula is C20H19ClFN5O. The molecule has 2 atom stereocenters. The predicted octanol–water partition coefficient (Wildman–Crippen LogP) is 3.93. The first-order valence-corrected chi connectivity index (χ1v) is 8.96. The number of hydrogen-bond acceptors (Lipinski definition) is 5. The van der Waals surface area contributed by atoms with E-state index in [0.717, 1.165) is 22.2 Å². The van der Waals surface area contributed by atoms with Gasteiger partial charge in [0.2, 0.25) is 11.7 Å². The fourth-order valence-corrected chi connectivity index (χ4v) is 3.52. The minimum absolute atomic E-state index is 0. The molecule has 1 saturated heterocycles. The van der Waals surface area contributed by atoms with Crippen molar-refractivity contribution >= 4 is 23.4 Å². The summed E-state index contributed by atoms with van der Waals surface area (Å²) in [6, 6.07) is 15.9. The summed E-state index contributed by atoms with van der Waals surface area (Å²) in [5.74, 6) is 0.961. The van der Waals surface area contributed by atoms with Crippen LogP contribution in [0.5, 0.6) is 0 Å². The molecule has 28 heavy (non-hydrogen) atoms. The third-order valence-corrected chi connectivity index (χ3v) is 4.88. The first kappa shape index (κ1) is 18.6. The second-order valence-electron chi connectivity index (χ2n) is 6.81. The molecule has 2 aromatic carbocycles. The third-order valence-electron chi connectivity index (χ3n) is 4.88. The Balaban J connectivity index is 0.00000192. The minimum atomic E-state index is -0.862. The molecule has 4 aromatic rings. The highest BCUT2D eigenvalue weighted by molar-refractivity contribution is 5.85. The van der Waals surface area contributed by atoms with Gasteiger partial charge in [0.1, 0.15) is 6.17 Å². The lowest BCUT2D eigenvalue weighted by atomic mass is 10.1. The van der Waals surface area contributed by atoms with E-state index >= 15 is 0 Å². The molecule has 3 heterocycles. The van der Waals surface area contributed by atoms with E-state index in [0.29, 0.717) is 31.2 Å². The summed E-state index contributed by atoms with van der Waals surface area (Å²) in [6.07, 6.45) is 1.36. The van der Waals surface area contributed by atoms with Gasteiger partial charge in [-0.3, -0.25) is 0 Å². The highest BCUT2D eigenvalue weighted by Crippen LogP contribution is 2.26. The quantitative estimate of drug-likeness (QED) is 0.563. The molecule has 1 aliphatic rings. The SMILES string of the molecule is Cl.F[C@@H]1CN[C@@H](c2nc(-c3cccc(Cn4cnc5ccccc54)c3)no2)C1. The van der Waals surface area contributed by atoms with Crippen molar-refractivity contribution in [2.45, 2.75) is 25.2 Å². The molecule has 1 aliphatic heterocycles. The molecule has 1 N–H and O–H groups in total. The van der Waals surface area contributed by atoms with E-state index < -0.39 is 6.17 Å². The highest BCUT2D eigenvalue weighted by atomic mass is 35.5. The molecule has 2 aromatic heterocycles. The molecule has 0 radical (unpaired) electrons. The fourth-order valence-electron chi connectivity index (χ4n) is 3.52. The van der Waals surface area contributed by atoms with E-state index in [-0.39, 0.29) is 18.4 Å². The maximum absolute atomic E-state index is 13.4. The summed E-state index contributed by atoms with van der Waals surface area (Å²) >= 11 is 0. The average molecular weight is 400 g/mol. The van der Waals surface area contributed by atoms with Gasteiger partial charge in [0.15, 0.2) is 0 Å². The number of nitrogens with one attached hydrogen (secondary N) is 1. The van der Waals surface area contributed by atoms with Crippen molar-refractivity contribution in [3.8, 4) is 11.4 Å². The van der Waals surface area contributed by atoms with E-state index in [1.165, 1.54) is 0 Å². The number of hydrogen-bond donors (Lipinski definition) is 1. The second kappa shape index (κ2) is 7.69. The fraction of sp³-hybridized carbons (Fsp3) is 0.250. The number of imidazole rings is 1. The van der Waals surface area contributed by atoms with Crippen LogP contribution in [0.4, 0.5) is 4.39 Å². The van der Waals surface area contributed by atoms with Gasteiger partial charge in [0.05, 0.1) is 23.4 Å². The van der Waals surface area contributed by atoms with Gasteiger partial charge in [-0.25, -0.2) is 9.37 Å². The number of halogens is 2. The molecule has 6 nitrogen and oxygen atoms in total. The summed E-state index contributed by atoms with van der Waals surface area (Å²) in [4.78, 5) is 8.89. The van der Waals surface area contributed by atoms with Gasteiger partial charge in [-0.15, -0.1) is 12.4 Å². The third kappa shape index (κ3) is 3.50. The molecule has 5 rings (SSSR count). The summed E-state index contributed by atoms with van der Waals surface area (Å²) < 4.78 is 20.8. The van der Waals surface area contributed by atoms with Crippen LogP contribution in [0.25, 0.3) is 22.4 Å². The molecular weight excluding hydrogens is 381 g/mol. The first-order valence-electron chi connectivity index (χ1n) is 8.96. The standard InChI is InChI=1S/C20H18FN5O.ClH/c21-15-9-17(22-10-15)20-24-19(25-27-20)14-5-3-4-13(8-14)11-26-12-23-16-6-1-2-7-18(16)26;/h1-8,12,15,17,22H,9-11H2;1H/t15-,17+;/m0./s1. The molecule has 1 fully saturated rings. The molecule has 0 saturated carbocycles. The van der Waals surface area contributed by atoms with Gasteiger partial charge in [-0.05, 0) is 23.8 Å². The van der Waals surface area contributed by atoms with Gasteiger partial charge in [-0.2, -0.15) is 4.98 Å². The van der Waals surface area contributed by atoms with Crippen molar-refractivity contribution in [2.24, 2.45) is 0 Å². The molecule has 0 bridgehead atoms. The number of para-hydroxylation sites is 2. The molecule has 8 heteroatoms. The number of nitrogens with zero attached hydrogens (tertiary/aromatic N) is 4. The topological polar surface area (TPSA) is 68.8 Å². The van der Waals surface area contributed by atoms with Gasteiger partial charge in [0, 0.05) is 25.1 Å². The van der Waals surface area contributed by atoms with Crippen LogP contribution in [0.3, 0.4) is 0 Å². The summed E-state index contributed by atoms with van der Waals surface area (Å²) in [6.45, 7) is 1.03. The average Bonchev–Trinajstić information content (AvgIpc) is 3.42. The van der Waals surface area contributed by atoms with Crippen LogP contribution in [0.2, 0.25) is 0 Å². The van der Waals surface area contributed by atoms with E-state index in [2.05, 4.69) is 37.1 Å². The normalized spacial score (nSPS) is 19.0. The van der Waals surface area contributed by atoms with Crippen LogP contribution >= 0.6 is 12.4 Å². The molecule has 0 unspecified atom stereocenters. The van der Waals surface area contributed by atoms with Crippen molar-refractivity contribution in [1.29, 1.82) is 0 Å². The number of alkyl halides is 1. The Labute approximate surface area is 167 Å². The number of rotatable bonds is 4. The van der Waals surface area contributed by atoms with Gasteiger partial charge >= 0.3 is 0 Å². The van der Waals surface area contributed by atoms with Gasteiger partial charge in [0.25, 0.3) is 0 Å². The lowest BCUT2D eigenvalue weighted by Gasteiger charge is -2.06. The van der Waals surface area contributed by atoms with E-state index in [4.69, 9.17) is 4.52 Å². The van der Waals surface area contributed by atoms with Crippen molar-refractivity contribution in [3.05, 3.63) is 66.3 Å². The zero-order chi connectivity index (χ0) is 18.2. The zero-order valence-electron chi connectivity index (χ0n) is 15.0. The van der Waals surface area contributed by atoms with Gasteiger partial charge in [-0.1, -0.05) is 35.5 Å². The van der Waals surface area contributed by atoms with E-state index in [1.54, 1.807) is 0 Å². The Bertz CT molecular complexity index is 1090. The van der Waals surface area contributed by atoms with Crippen LogP contribution in [0.15, 0.2) is 59.4 Å². The Kier molecular flexibility index (Phi) is 5.11. The van der Waals surface area contributed by atoms with Crippen molar-refractivity contribution in [2.75, 3.05) is 6.54 Å². The molecule has 144 valence electrons. The van der Waals surface area contributed by atoms with Crippen LogP contribution in [0.1, 0.15) is 23.9 Å². The summed E-state index contributed by atoms with van der Waals surface area (Å²) in [5, 5.41) is 7.14. The van der Waals surface area contributed by atoms with E-state index in [9.17, 15) is 4.39 Å². The maximum atomic E-state index is 13.4. The van der Waals surface area contributed by atoms with Crippen molar-refractivity contribution in [3.63, 3.8) is 0 Å². The monoisotopic (exact) mass is 399 g/mol. The number of fused-ring (bicyclic) bond motifs is 1. The summed E-state index contributed by atoms with van der Waals surface area (Å²) in [7, 11) is 0. The van der Waals surface area contributed by atoms with Crippen LogP contribution in [-0.2, 0) is 6.54 Å². The molecule has 0 amide bonds.